The molecule has 1 heterocycles. The molecular formula is C14H18N2O. The molecule has 0 radical (unpaired) electrons. The van der Waals surface area contributed by atoms with E-state index >= 15 is 0 Å². The van der Waals surface area contributed by atoms with Crippen molar-refractivity contribution in [3.8, 4) is 5.75 Å². The SMILES string of the molecule is CCc1nc(N(C)C)cc2cc(OC)ccc12. The molecule has 3 nitrogen and oxygen atoms in total. The number of aryl methyl sites for hydroxylation is 1. The van der Waals surface area contributed by atoms with Crippen molar-refractivity contribution in [2.45, 2.75) is 13.3 Å². The van der Waals surface area contributed by atoms with Crippen LogP contribution in [0.2, 0.25) is 0 Å². The molecule has 0 bridgehead atoms. The number of rotatable bonds is 3. The lowest BCUT2D eigenvalue weighted by atomic mass is 10.1. The smallest absolute Gasteiger partial charge is 0.128 e. The van der Waals surface area contributed by atoms with Crippen LogP contribution in [0, 0.1) is 0 Å². The zero-order chi connectivity index (χ0) is 12.4. The van der Waals surface area contributed by atoms with Crippen molar-refractivity contribution in [3.05, 3.63) is 30.0 Å². The van der Waals surface area contributed by atoms with Gasteiger partial charge in [-0.3, -0.25) is 0 Å². The van der Waals surface area contributed by atoms with E-state index in [1.165, 1.54) is 10.8 Å². The fraction of sp³-hybridized carbons (Fsp3) is 0.357. The highest BCUT2D eigenvalue weighted by Gasteiger charge is 2.07. The Morgan fingerprint density at radius 2 is 2.00 bits per heavy atom. The van der Waals surface area contributed by atoms with Gasteiger partial charge in [-0.25, -0.2) is 4.98 Å². The monoisotopic (exact) mass is 230 g/mol. The molecule has 0 fully saturated rings. The second-order valence-corrected chi connectivity index (χ2v) is 4.26. The zero-order valence-corrected chi connectivity index (χ0v) is 10.8. The summed E-state index contributed by atoms with van der Waals surface area (Å²) in [5.41, 5.74) is 1.13. The maximum Gasteiger partial charge on any atom is 0.128 e. The molecule has 0 aliphatic rings. The summed E-state index contributed by atoms with van der Waals surface area (Å²) in [6.45, 7) is 2.13. The third-order valence-electron chi connectivity index (χ3n) is 2.90. The molecule has 2 aromatic rings. The van der Waals surface area contributed by atoms with Crippen LogP contribution in [0.15, 0.2) is 24.3 Å². The maximum absolute atomic E-state index is 5.26. The van der Waals surface area contributed by atoms with Crippen LogP contribution in [0.1, 0.15) is 12.6 Å². The molecular weight excluding hydrogens is 212 g/mol. The second kappa shape index (κ2) is 4.62. The molecule has 0 N–H and O–H groups in total. The number of anilines is 1. The molecule has 2 rings (SSSR count). The summed E-state index contributed by atoms with van der Waals surface area (Å²) in [6.07, 6.45) is 0.935. The second-order valence-electron chi connectivity index (χ2n) is 4.26. The summed E-state index contributed by atoms with van der Waals surface area (Å²) in [5.74, 6) is 1.87. The Morgan fingerprint density at radius 3 is 2.59 bits per heavy atom. The number of methoxy groups -OCH3 is 1. The standard InChI is InChI=1S/C14H18N2O/c1-5-13-12-7-6-11(17-4)8-10(12)9-14(15-13)16(2)3/h6-9H,5H2,1-4H3. The molecule has 0 saturated heterocycles. The first kappa shape index (κ1) is 11.7. The van der Waals surface area contributed by atoms with Gasteiger partial charge in [-0.2, -0.15) is 0 Å². The fourth-order valence-electron chi connectivity index (χ4n) is 1.92. The highest BCUT2D eigenvalue weighted by Crippen LogP contribution is 2.26. The summed E-state index contributed by atoms with van der Waals surface area (Å²) in [4.78, 5) is 6.69. The van der Waals surface area contributed by atoms with Gasteiger partial charge < -0.3 is 9.64 Å². The van der Waals surface area contributed by atoms with Crippen molar-refractivity contribution in [2.75, 3.05) is 26.1 Å². The highest BCUT2D eigenvalue weighted by molar-refractivity contribution is 5.88. The minimum absolute atomic E-state index is 0.885. The average Bonchev–Trinajstić information content (AvgIpc) is 2.36. The molecule has 90 valence electrons. The van der Waals surface area contributed by atoms with Gasteiger partial charge in [-0.05, 0) is 36.1 Å². The van der Waals surface area contributed by atoms with Gasteiger partial charge in [0.05, 0.1) is 12.8 Å². The van der Waals surface area contributed by atoms with Gasteiger partial charge in [0.2, 0.25) is 0 Å². The van der Waals surface area contributed by atoms with E-state index in [1.807, 2.05) is 25.1 Å². The summed E-state index contributed by atoms with van der Waals surface area (Å²) in [7, 11) is 5.71. The summed E-state index contributed by atoms with van der Waals surface area (Å²) in [5, 5.41) is 2.39. The van der Waals surface area contributed by atoms with Crippen LogP contribution in [0.3, 0.4) is 0 Å². The van der Waals surface area contributed by atoms with Crippen LogP contribution in [-0.4, -0.2) is 26.2 Å². The lowest BCUT2D eigenvalue weighted by Gasteiger charge is -2.15. The van der Waals surface area contributed by atoms with Crippen molar-refractivity contribution >= 4 is 16.6 Å². The van der Waals surface area contributed by atoms with Crippen molar-refractivity contribution < 1.29 is 4.74 Å². The van der Waals surface area contributed by atoms with Gasteiger partial charge in [0, 0.05) is 19.5 Å². The largest absolute Gasteiger partial charge is 0.497 e. The van der Waals surface area contributed by atoms with E-state index in [1.54, 1.807) is 7.11 Å². The van der Waals surface area contributed by atoms with E-state index in [0.717, 1.165) is 23.7 Å². The molecule has 0 amide bonds. The molecule has 1 aromatic carbocycles. The van der Waals surface area contributed by atoms with E-state index < -0.39 is 0 Å². The molecule has 0 unspecified atom stereocenters. The van der Waals surface area contributed by atoms with E-state index in [2.05, 4.69) is 30.1 Å². The Balaban J connectivity index is 2.69. The minimum Gasteiger partial charge on any atom is -0.497 e. The first-order chi connectivity index (χ1) is 8.15. The van der Waals surface area contributed by atoms with E-state index in [4.69, 9.17) is 4.74 Å². The molecule has 0 aliphatic heterocycles. The minimum atomic E-state index is 0.885. The number of hydrogen-bond acceptors (Lipinski definition) is 3. The Labute approximate surface area is 102 Å². The predicted molar refractivity (Wildman–Crippen MR) is 72.0 cm³/mol. The molecule has 0 saturated carbocycles. The number of hydrogen-bond donors (Lipinski definition) is 0. The molecule has 1 aromatic heterocycles. The topological polar surface area (TPSA) is 25.4 Å². The third-order valence-corrected chi connectivity index (χ3v) is 2.90. The average molecular weight is 230 g/mol. The number of pyridine rings is 1. The van der Waals surface area contributed by atoms with Gasteiger partial charge in [-0.1, -0.05) is 6.92 Å². The van der Waals surface area contributed by atoms with Gasteiger partial charge in [0.15, 0.2) is 0 Å². The lowest BCUT2D eigenvalue weighted by Crippen LogP contribution is -2.11. The number of fused-ring (bicyclic) bond motifs is 1. The van der Waals surface area contributed by atoms with Crippen LogP contribution in [0.5, 0.6) is 5.75 Å². The fourth-order valence-corrected chi connectivity index (χ4v) is 1.92. The first-order valence-electron chi connectivity index (χ1n) is 5.80. The summed E-state index contributed by atoms with van der Waals surface area (Å²) < 4.78 is 5.26. The molecule has 3 heteroatoms. The predicted octanol–water partition coefficient (Wildman–Crippen LogP) is 2.87. The Morgan fingerprint density at radius 1 is 1.24 bits per heavy atom. The van der Waals surface area contributed by atoms with Crippen LogP contribution in [0.4, 0.5) is 5.82 Å². The Bertz CT molecular complexity index is 535. The normalized spacial score (nSPS) is 10.6. The zero-order valence-electron chi connectivity index (χ0n) is 10.8. The third kappa shape index (κ3) is 2.18. The van der Waals surface area contributed by atoms with Crippen LogP contribution in [-0.2, 0) is 6.42 Å². The van der Waals surface area contributed by atoms with Gasteiger partial charge in [-0.15, -0.1) is 0 Å². The highest BCUT2D eigenvalue weighted by atomic mass is 16.5. The van der Waals surface area contributed by atoms with E-state index in [-0.39, 0.29) is 0 Å². The number of ether oxygens (including phenoxy) is 1. The van der Waals surface area contributed by atoms with E-state index in [0.29, 0.717) is 0 Å². The summed E-state index contributed by atoms with van der Waals surface area (Å²) >= 11 is 0. The van der Waals surface area contributed by atoms with Crippen LogP contribution < -0.4 is 9.64 Å². The molecule has 0 spiro atoms. The maximum atomic E-state index is 5.26. The Kier molecular flexibility index (Phi) is 3.18. The van der Waals surface area contributed by atoms with Gasteiger partial charge in [0.25, 0.3) is 0 Å². The van der Waals surface area contributed by atoms with Crippen molar-refractivity contribution in [2.24, 2.45) is 0 Å². The first-order valence-corrected chi connectivity index (χ1v) is 5.80. The number of aromatic nitrogens is 1. The van der Waals surface area contributed by atoms with Crippen molar-refractivity contribution in [3.63, 3.8) is 0 Å². The van der Waals surface area contributed by atoms with Gasteiger partial charge in [0.1, 0.15) is 11.6 Å². The van der Waals surface area contributed by atoms with Crippen molar-refractivity contribution in [1.82, 2.24) is 4.98 Å². The number of nitrogens with zero attached hydrogens (tertiary/aromatic N) is 2. The van der Waals surface area contributed by atoms with Crippen LogP contribution in [0.25, 0.3) is 10.8 Å². The Hall–Kier alpha value is -1.77. The molecule has 0 aliphatic carbocycles. The van der Waals surface area contributed by atoms with Crippen LogP contribution >= 0.6 is 0 Å². The lowest BCUT2D eigenvalue weighted by molar-refractivity contribution is 0.415. The molecule has 0 atom stereocenters. The number of benzene rings is 1. The van der Waals surface area contributed by atoms with Crippen molar-refractivity contribution in [1.29, 1.82) is 0 Å². The quantitative estimate of drug-likeness (QED) is 0.810. The molecule has 17 heavy (non-hydrogen) atoms. The van der Waals surface area contributed by atoms with Gasteiger partial charge >= 0.3 is 0 Å². The summed E-state index contributed by atoms with van der Waals surface area (Å²) in [6, 6.07) is 8.22. The van der Waals surface area contributed by atoms with E-state index in [9.17, 15) is 0 Å².